The van der Waals surface area contributed by atoms with Gasteiger partial charge in [-0.25, -0.2) is 4.98 Å². The molecule has 0 unspecified atom stereocenters. The van der Waals surface area contributed by atoms with Gasteiger partial charge >= 0.3 is 0 Å². The number of piperazine rings is 1. The molecule has 150 valence electrons. The molecular weight excluding hydrogens is 366 g/mol. The first kappa shape index (κ1) is 19.1. The summed E-state index contributed by atoms with van der Waals surface area (Å²) in [6, 6.07) is 11.3. The van der Waals surface area contributed by atoms with Crippen LogP contribution in [-0.4, -0.2) is 64.2 Å². The van der Waals surface area contributed by atoms with Gasteiger partial charge in [0.2, 0.25) is 5.82 Å². The number of aryl methyl sites for hydroxylation is 1. The Balaban J connectivity index is 1.68. The number of nitrogens with one attached hydrogen (secondary N) is 1. The topological polar surface area (TPSA) is 70.0 Å². The van der Waals surface area contributed by atoms with E-state index >= 15 is 0 Å². The van der Waals surface area contributed by atoms with Crippen molar-refractivity contribution in [2.45, 2.75) is 13.8 Å². The maximum atomic E-state index is 13.1. The van der Waals surface area contributed by atoms with Crippen LogP contribution in [-0.2, 0) is 0 Å². The second kappa shape index (κ2) is 7.67. The molecule has 0 saturated carbocycles. The van der Waals surface area contributed by atoms with Crippen molar-refractivity contribution in [2.24, 2.45) is 0 Å². The molecule has 4 rings (SSSR count). The van der Waals surface area contributed by atoms with Crippen LogP contribution in [0.5, 0.6) is 0 Å². The number of imidazole rings is 1. The molecule has 0 atom stereocenters. The molecule has 0 aliphatic carbocycles. The van der Waals surface area contributed by atoms with Crippen LogP contribution in [0, 0.1) is 13.8 Å². The Hall–Kier alpha value is -3.19. The monoisotopic (exact) mass is 391 g/mol. The molecule has 0 spiro atoms. The Bertz CT molecular complexity index is 1080. The van der Waals surface area contributed by atoms with E-state index in [9.17, 15) is 9.59 Å². The average Bonchev–Trinajstić information content (AvgIpc) is 3.11. The maximum absolute atomic E-state index is 13.1. The number of anilines is 1. The maximum Gasteiger partial charge on any atom is 0.292 e. The highest BCUT2D eigenvalue weighted by atomic mass is 16.2. The lowest BCUT2D eigenvalue weighted by molar-refractivity contribution is 0.0661. The highest BCUT2D eigenvalue weighted by Gasteiger charge is 2.27. The summed E-state index contributed by atoms with van der Waals surface area (Å²) in [6.07, 6.45) is 1.76. The first-order valence-electron chi connectivity index (χ1n) is 9.78. The van der Waals surface area contributed by atoms with Gasteiger partial charge in [-0.15, -0.1) is 0 Å². The fourth-order valence-electron chi connectivity index (χ4n) is 3.58. The second-order valence-corrected chi connectivity index (χ2v) is 7.54. The lowest BCUT2D eigenvalue weighted by atomic mass is 10.1. The molecule has 0 radical (unpaired) electrons. The van der Waals surface area contributed by atoms with Crippen molar-refractivity contribution in [3.05, 3.63) is 65.2 Å². The first-order chi connectivity index (χ1) is 14.0. The average molecular weight is 391 g/mol. The number of pyridine rings is 1. The fourth-order valence-corrected chi connectivity index (χ4v) is 3.58. The summed E-state index contributed by atoms with van der Waals surface area (Å²) >= 11 is 0. The van der Waals surface area contributed by atoms with Crippen molar-refractivity contribution >= 4 is 23.0 Å². The van der Waals surface area contributed by atoms with E-state index in [4.69, 9.17) is 0 Å². The van der Waals surface area contributed by atoms with Crippen LogP contribution in [0.15, 0.2) is 42.6 Å². The largest absolute Gasteiger partial charge is 0.335 e. The molecule has 1 saturated heterocycles. The standard InChI is InChI=1S/C22H25N5O2/c1-15-7-6-8-17(16(15)2)23-21(28)20-24-19(18-9-4-5-10-27(18)20)22(29)26-13-11-25(3)12-14-26/h4-10H,11-14H2,1-3H3,(H,23,28). The van der Waals surface area contributed by atoms with Crippen molar-refractivity contribution in [3.8, 4) is 0 Å². The van der Waals surface area contributed by atoms with Crippen LogP contribution in [0.25, 0.3) is 5.52 Å². The predicted octanol–water partition coefficient (Wildman–Crippen LogP) is 2.59. The van der Waals surface area contributed by atoms with E-state index in [1.165, 1.54) is 0 Å². The molecule has 2 amide bonds. The minimum atomic E-state index is -0.336. The third kappa shape index (κ3) is 3.61. The number of fused-ring (bicyclic) bond motifs is 1. The predicted molar refractivity (Wildman–Crippen MR) is 112 cm³/mol. The number of rotatable bonds is 3. The van der Waals surface area contributed by atoms with Crippen molar-refractivity contribution in [3.63, 3.8) is 0 Å². The van der Waals surface area contributed by atoms with Gasteiger partial charge < -0.3 is 15.1 Å². The van der Waals surface area contributed by atoms with E-state index in [0.717, 1.165) is 29.9 Å². The van der Waals surface area contributed by atoms with Crippen LogP contribution < -0.4 is 5.32 Å². The Morgan fingerprint density at radius 1 is 1.00 bits per heavy atom. The molecule has 7 heteroatoms. The van der Waals surface area contributed by atoms with E-state index in [1.54, 1.807) is 10.6 Å². The van der Waals surface area contributed by atoms with Gasteiger partial charge in [0.1, 0.15) is 0 Å². The number of carbonyl (C=O) groups is 2. The van der Waals surface area contributed by atoms with Gasteiger partial charge in [0.05, 0.1) is 5.52 Å². The minimum absolute atomic E-state index is 0.132. The Kier molecular flexibility index (Phi) is 5.07. The first-order valence-corrected chi connectivity index (χ1v) is 9.78. The van der Waals surface area contributed by atoms with Crippen LogP contribution in [0.2, 0.25) is 0 Å². The van der Waals surface area contributed by atoms with Crippen molar-refractivity contribution < 1.29 is 9.59 Å². The number of hydrogen-bond acceptors (Lipinski definition) is 4. The summed E-state index contributed by atoms with van der Waals surface area (Å²) in [5.41, 5.74) is 3.82. The summed E-state index contributed by atoms with van der Waals surface area (Å²) < 4.78 is 1.68. The smallest absolute Gasteiger partial charge is 0.292 e. The number of amides is 2. The van der Waals surface area contributed by atoms with Crippen molar-refractivity contribution in [1.82, 2.24) is 19.2 Å². The SMILES string of the molecule is Cc1cccc(NC(=O)c2nc(C(=O)N3CCN(C)CC3)c3ccccn23)c1C. The van der Waals surface area contributed by atoms with Gasteiger partial charge in [-0.05, 0) is 50.2 Å². The van der Waals surface area contributed by atoms with Crippen LogP contribution in [0.3, 0.4) is 0 Å². The third-order valence-electron chi connectivity index (χ3n) is 5.60. The molecule has 1 aliphatic rings. The van der Waals surface area contributed by atoms with Crippen LogP contribution in [0.1, 0.15) is 32.2 Å². The van der Waals surface area contributed by atoms with Gasteiger partial charge in [0.25, 0.3) is 11.8 Å². The van der Waals surface area contributed by atoms with Gasteiger partial charge in [-0.1, -0.05) is 18.2 Å². The minimum Gasteiger partial charge on any atom is -0.335 e. The molecule has 1 N–H and O–H groups in total. The van der Waals surface area contributed by atoms with E-state index in [-0.39, 0.29) is 17.6 Å². The van der Waals surface area contributed by atoms with Crippen molar-refractivity contribution in [1.29, 1.82) is 0 Å². The highest BCUT2D eigenvalue weighted by Crippen LogP contribution is 2.21. The number of likely N-dealkylation sites (N-methyl/N-ethyl adjacent to an activating group) is 1. The summed E-state index contributed by atoms with van der Waals surface area (Å²) in [4.78, 5) is 34.6. The van der Waals surface area contributed by atoms with E-state index < -0.39 is 0 Å². The second-order valence-electron chi connectivity index (χ2n) is 7.54. The zero-order valence-electron chi connectivity index (χ0n) is 17.0. The van der Waals surface area contributed by atoms with Gasteiger partial charge in [0, 0.05) is 38.1 Å². The number of aromatic nitrogens is 2. The molecule has 1 aromatic carbocycles. The third-order valence-corrected chi connectivity index (χ3v) is 5.60. The van der Waals surface area contributed by atoms with Crippen LogP contribution in [0.4, 0.5) is 5.69 Å². The molecular formula is C22H25N5O2. The number of carbonyl (C=O) groups excluding carboxylic acids is 2. The van der Waals surface area contributed by atoms with Gasteiger partial charge in [-0.3, -0.25) is 14.0 Å². The summed E-state index contributed by atoms with van der Waals surface area (Å²) in [6.45, 7) is 6.95. The lowest BCUT2D eigenvalue weighted by Gasteiger charge is -2.32. The quantitative estimate of drug-likeness (QED) is 0.745. The lowest BCUT2D eigenvalue weighted by Crippen LogP contribution is -2.47. The summed E-state index contributed by atoms with van der Waals surface area (Å²) in [7, 11) is 2.05. The zero-order chi connectivity index (χ0) is 20.5. The Morgan fingerprint density at radius 3 is 2.52 bits per heavy atom. The number of nitrogens with zero attached hydrogens (tertiary/aromatic N) is 4. The molecule has 3 heterocycles. The molecule has 3 aromatic rings. The Labute approximate surface area is 169 Å². The number of benzene rings is 1. The van der Waals surface area contributed by atoms with E-state index in [2.05, 4.69) is 15.2 Å². The molecule has 0 bridgehead atoms. The Morgan fingerprint density at radius 2 is 1.76 bits per heavy atom. The molecule has 1 aliphatic heterocycles. The zero-order valence-corrected chi connectivity index (χ0v) is 17.0. The van der Waals surface area contributed by atoms with Crippen molar-refractivity contribution in [2.75, 3.05) is 38.5 Å². The normalized spacial score (nSPS) is 14.9. The van der Waals surface area contributed by atoms with Gasteiger partial charge in [0.15, 0.2) is 5.69 Å². The van der Waals surface area contributed by atoms with Gasteiger partial charge in [-0.2, -0.15) is 0 Å². The summed E-state index contributed by atoms with van der Waals surface area (Å²) in [5.74, 6) is -0.260. The highest BCUT2D eigenvalue weighted by molar-refractivity contribution is 6.06. The van der Waals surface area contributed by atoms with E-state index in [1.807, 2.05) is 62.2 Å². The summed E-state index contributed by atoms with van der Waals surface area (Å²) in [5, 5.41) is 2.94. The molecule has 29 heavy (non-hydrogen) atoms. The van der Waals surface area contributed by atoms with Crippen LogP contribution >= 0.6 is 0 Å². The van der Waals surface area contributed by atoms with E-state index in [0.29, 0.717) is 24.3 Å². The molecule has 1 fully saturated rings. The fraction of sp³-hybridized carbons (Fsp3) is 0.318. The molecule has 2 aromatic heterocycles. The number of hydrogen-bond donors (Lipinski definition) is 1. The molecule has 7 nitrogen and oxygen atoms in total.